The monoisotopic (exact) mass is 169 g/mol. The molecule has 0 radical (unpaired) electrons. The molecule has 1 aliphatic carbocycles. The van der Waals surface area contributed by atoms with E-state index < -0.39 is 5.60 Å². The van der Waals surface area contributed by atoms with Gasteiger partial charge in [0.05, 0.1) is 0 Å². The zero-order valence-corrected chi connectivity index (χ0v) is 7.18. The van der Waals surface area contributed by atoms with E-state index in [-0.39, 0.29) is 5.91 Å². The van der Waals surface area contributed by atoms with Crippen molar-refractivity contribution >= 4 is 5.91 Å². The second-order valence-electron chi connectivity index (χ2n) is 3.24. The summed E-state index contributed by atoms with van der Waals surface area (Å²) in [6.07, 6.45) is 4.68. The van der Waals surface area contributed by atoms with Crippen LogP contribution in [0.2, 0.25) is 0 Å². The smallest absolute Gasteiger partial charge is 0.252 e. The van der Waals surface area contributed by atoms with Gasteiger partial charge >= 0.3 is 0 Å². The van der Waals surface area contributed by atoms with E-state index in [1.165, 1.54) is 0 Å². The van der Waals surface area contributed by atoms with Gasteiger partial charge in [-0.15, -0.1) is 6.58 Å². The van der Waals surface area contributed by atoms with Gasteiger partial charge in [-0.05, 0) is 25.7 Å². The molecule has 0 spiro atoms. The van der Waals surface area contributed by atoms with E-state index in [1.807, 2.05) is 0 Å². The zero-order chi connectivity index (χ0) is 9.03. The highest BCUT2D eigenvalue weighted by Crippen LogP contribution is 2.29. The minimum Gasteiger partial charge on any atom is -0.380 e. The normalized spacial score (nSPS) is 20.4. The number of rotatable bonds is 3. The Labute approximate surface area is 72.5 Å². The fraction of sp³-hybridized carbons (Fsp3) is 0.667. The summed E-state index contributed by atoms with van der Waals surface area (Å²) in [5.41, 5.74) is -1.09. The van der Waals surface area contributed by atoms with Gasteiger partial charge in [-0.2, -0.15) is 0 Å². The first-order chi connectivity index (χ1) is 5.69. The first-order valence-electron chi connectivity index (χ1n) is 4.30. The van der Waals surface area contributed by atoms with Crippen LogP contribution < -0.4 is 5.32 Å². The molecule has 0 unspecified atom stereocenters. The van der Waals surface area contributed by atoms with Crippen molar-refractivity contribution in [2.75, 3.05) is 6.54 Å². The van der Waals surface area contributed by atoms with Gasteiger partial charge in [0.1, 0.15) is 5.60 Å². The molecule has 0 heterocycles. The molecular weight excluding hydrogens is 154 g/mol. The number of hydrogen-bond acceptors (Lipinski definition) is 2. The van der Waals surface area contributed by atoms with Crippen molar-refractivity contribution in [3.63, 3.8) is 0 Å². The molecule has 0 aliphatic heterocycles. The van der Waals surface area contributed by atoms with Crippen LogP contribution >= 0.6 is 0 Å². The van der Waals surface area contributed by atoms with Crippen LogP contribution in [0.3, 0.4) is 0 Å². The van der Waals surface area contributed by atoms with Gasteiger partial charge in [0.15, 0.2) is 0 Å². The van der Waals surface area contributed by atoms with Crippen LogP contribution in [0, 0.1) is 0 Å². The summed E-state index contributed by atoms with van der Waals surface area (Å²) in [6.45, 7) is 3.92. The lowest BCUT2D eigenvalue weighted by molar-refractivity contribution is -0.138. The lowest BCUT2D eigenvalue weighted by atomic mass is 10.0. The zero-order valence-electron chi connectivity index (χ0n) is 7.18. The maximum Gasteiger partial charge on any atom is 0.252 e. The average Bonchev–Trinajstić information content (AvgIpc) is 2.49. The van der Waals surface area contributed by atoms with Gasteiger partial charge in [0, 0.05) is 6.54 Å². The van der Waals surface area contributed by atoms with Crippen molar-refractivity contribution in [1.82, 2.24) is 5.32 Å². The Hall–Kier alpha value is -0.830. The highest BCUT2D eigenvalue weighted by molar-refractivity contribution is 5.85. The summed E-state index contributed by atoms with van der Waals surface area (Å²) in [5.74, 6) is -0.250. The fourth-order valence-corrected chi connectivity index (χ4v) is 1.52. The Kier molecular flexibility index (Phi) is 2.87. The number of carbonyl (C=O) groups excluding carboxylic acids is 1. The lowest BCUT2D eigenvalue weighted by Crippen LogP contribution is -2.44. The van der Waals surface area contributed by atoms with E-state index in [0.717, 1.165) is 12.8 Å². The summed E-state index contributed by atoms with van der Waals surface area (Å²) >= 11 is 0. The topological polar surface area (TPSA) is 49.3 Å². The Morgan fingerprint density at radius 1 is 1.58 bits per heavy atom. The van der Waals surface area contributed by atoms with Gasteiger partial charge in [0.2, 0.25) is 0 Å². The van der Waals surface area contributed by atoms with E-state index in [0.29, 0.717) is 19.4 Å². The lowest BCUT2D eigenvalue weighted by Gasteiger charge is -2.20. The molecule has 1 saturated carbocycles. The van der Waals surface area contributed by atoms with Crippen LogP contribution in [0.1, 0.15) is 25.7 Å². The van der Waals surface area contributed by atoms with Crippen LogP contribution in [-0.2, 0) is 4.79 Å². The molecule has 0 bridgehead atoms. The van der Waals surface area contributed by atoms with Crippen molar-refractivity contribution < 1.29 is 9.90 Å². The first kappa shape index (κ1) is 9.26. The third-order valence-corrected chi connectivity index (χ3v) is 2.26. The molecule has 0 saturated heterocycles. The largest absolute Gasteiger partial charge is 0.380 e. The number of nitrogens with one attached hydrogen (secondary N) is 1. The molecule has 0 aromatic carbocycles. The summed E-state index contributed by atoms with van der Waals surface area (Å²) in [6, 6.07) is 0. The predicted molar refractivity (Wildman–Crippen MR) is 46.6 cm³/mol. The molecule has 0 atom stereocenters. The molecule has 2 N–H and O–H groups in total. The van der Waals surface area contributed by atoms with E-state index >= 15 is 0 Å². The van der Waals surface area contributed by atoms with Crippen molar-refractivity contribution in [2.45, 2.75) is 31.3 Å². The van der Waals surface area contributed by atoms with Gasteiger partial charge < -0.3 is 10.4 Å². The molecule has 12 heavy (non-hydrogen) atoms. The van der Waals surface area contributed by atoms with E-state index in [4.69, 9.17) is 0 Å². The maximum absolute atomic E-state index is 11.3. The Balaban J connectivity index is 2.44. The van der Waals surface area contributed by atoms with Gasteiger partial charge in [-0.1, -0.05) is 6.08 Å². The average molecular weight is 169 g/mol. The highest BCUT2D eigenvalue weighted by atomic mass is 16.3. The maximum atomic E-state index is 11.3. The quantitative estimate of drug-likeness (QED) is 0.608. The minimum absolute atomic E-state index is 0.250. The Morgan fingerprint density at radius 3 is 2.67 bits per heavy atom. The summed E-state index contributed by atoms with van der Waals surface area (Å²) in [4.78, 5) is 11.3. The molecule has 3 nitrogen and oxygen atoms in total. The Bertz CT molecular complexity index is 183. The SMILES string of the molecule is C=CCNC(=O)C1(O)CCCC1. The molecule has 0 aromatic rings. The van der Waals surface area contributed by atoms with E-state index in [9.17, 15) is 9.90 Å². The van der Waals surface area contributed by atoms with Gasteiger partial charge in [-0.25, -0.2) is 0 Å². The summed E-state index contributed by atoms with van der Waals surface area (Å²) in [7, 11) is 0. The van der Waals surface area contributed by atoms with Crippen molar-refractivity contribution in [1.29, 1.82) is 0 Å². The summed E-state index contributed by atoms with van der Waals surface area (Å²) < 4.78 is 0. The highest BCUT2D eigenvalue weighted by Gasteiger charge is 2.38. The molecule has 1 aliphatic rings. The predicted octanol–water partition coefficient (Wildman–Crippen LogP) is 0.594. The molecule has 3 heteroatoms. The number of carbonyl (C=O) groups is 1. The van der Waals surface area contributed by atoms with Crippen LogP contribution in [-0.4, -0.2) is 23.2 Å². The minimum atomic E-state index is -1.09. The second kappa shape index (κ2) is 3.72. The van der Waals surface area contributed by atoms with Crippen molar-refractivity contribution in [2.24, 2.45) is 0 Å². The van der Waals surface area contributed by atoms with Crippen molar-refractivity contribution in [3.05, 3.63) is 12.7 Å². The number of hydrogen-bond donors (Lipinski definition) is 2. The first-order valence-corrected chi connectivity index (χ1v) is 4.30. The van der Waals surface area contributed by atoms with Crippen LogP contribution in [0.5, 0.6) is 0 Å². The second-order valence-corrected chi connectivity index (χ2v) is 3.24. The molecule has 68 valence electrons. The van der Waals surface area contributed by atoms with Crippen molar-refractivity contribution in [3.8, 4) is 0 Å². The van der Waals surface area contributed by atoms with E-state index in [1.54, 1.807) is 6.08 Å². The fourth-order valence-electron chi connectivity index (χ4n) is 1.52. The molecule has 1 amide bonds. The van der Waals surface area contributed by atoms with Gasteiger partial charge in [-0.3, -0.25) is 4.79 Å². The standard InChI is InChI=1S/C9H15NO2/c1-2-7-10-8(11)9(12)5-3-4-6-9/h2,12H,1,3-7H2,(H,10,11). The molecule has 1 rings (SSSR count). The number of aliphatic hydroxyl groups is 1. The Morgan fingerprint density at radius 2 is 2.17 bits per heavy atom. The van der Waals surface area contributed by atoms with Crippen LogP contribution in [0.15, 0.2) is 12.7 Å². The summed E-state index contributed by atoms with van der Waals surface area (Å²) in [5, 5.41) is 12.3. The van der Waals surface area contributed by atoms with E-state index in [2.05, 4.69) is 11.9 Å². The third kappa shape index (κ3) is 1.85. The van der Waals surface area contributed by atoms with Crippen LogP contribution in [0.4, 0.5) is 0 Å². The molecular formula is C9H15NO2. The number of amides is 1. The molecule has 1 fully saturated rings. The molecule has 0 aromatic heterocycles. The van der Waals surface area contributed by atoms with Gasteiger partial charge in [0.25, 0.3) is 5.91 Å². The third-order valence-electron chi connectivity index (χ3n) is 2.26. The van der Waals surface area contributed by atoms with Crippen LogP contribution in [0.25, 0.3) is 0 Å².